The number of benzene rings is 2. The number of para-hydroxylation sites is 1. The highest BCUT2D eigenvalue weighted by Crippen LogP contribution is 2.24. The Morgan fingerprint density at radius 2 is 1.69 bits per heavy atom. The van der Waals surface area contributed by atoms with Crippen molar-refractivity contribution in [2.75, 3.05) is 38.6 Å². The smallest absolute Gasteiger partial charge is 0.401 e. The number of nitrogens with one attached hydrogen (secondary N) is 5. The fourth-order valence-corrected chi connectivity index (χ4v) is 4.03. The molecule has 0 aliphatic heterocycles. The van der Waals surface area contributed by atoms with Gasteiger partial charge in [-0.15, -0.1) is 0 Å². The predicted octanol–water partition coefficient (Wildman–Crippen LogP) is 4.61. The molecule has 0 saturated carbocycles. The highest BCUT2D eigenvalue weighted by Gasteiger charge is 2.28. The van der Waals surface area contributed by atoms with E-state index in [1.54, 1.807) is 63.2 Å². The van der Waals surface area contributed by atoms with Crippen LogP contribution in [0.2, 0.25) is 5.02 Å². The van der Waals surface area contributed by atoms with Gasteiger partial charge < -0.3 is 31.3 Å². The summed E-state index contributed by atoms with van der Waals surface area (Å²) in [7, 11) is 1.51. The van der Waals surface area contributed by atoms with Crippen molar-refractivity contribution in [1.29, 1.82) is 0 Å². The molecule has 3 amide bonds. The lowest BCUT2D eigenvalue weighted by Crippen LogP contribution is -2.40. The van der Waals surface area contributed by atoms with E-state index in [1.165, 1.54) is 13.1 Å². The van der Waals surface area contributed by atoms with Gasteiger partial charge in [-0.05, 0) is 42.7 Å². The summed E-state index contributed by atoms with van der Waals surface area (Å²) in [6.45, 7) is 4.49. The van der Waals surface area contributed by atoms with Crippen LogP contribution in [0, 0.1) is 5.41 Å². The summed E-state index contributed by atoms with van der Waals surface area (Å²) in [6.07, 6.45) is -4.47. The Balaban J connectivity index is 2.15. The quantitative estimate of drug-likeness (QED) is 0.148. The molecule has 5 N–H and O–H groups in total. The number of amides is 3. The molecular formula is C29H37ClF3N5O4. The van der Waals surface area contributed by atoms with Crippen LogP contribution in [-0.2, 0) is 9.59 Å². The zero-order valence-electron chi connectivity index (χ0n) is 24.0. The summed E-state index contributed by atoms with van der Waals surface area (Å²) in [5, 5.41) is 13.6. The van der Waals surface area contributed by atoms with Gasteiger partial charge in [0.05, 0.1) is 18.7 Å². The molecule has 230 valence electrons. The molecule has 2 aromatic rings. The second-order valence-corrected chi connectivity index (χ2v) is 10.5. The van der Waals surface area contributed by atoms with Gasteiger partial charge in [-0.1, -0.05) is 43.6 Å². The minimum Gasteiger partial charge on any atom is -0.493 e. The highest BCUT2D eigenvalue weighted by atomic mass is 35.5. The average molecular weight is 612 g/mol. The van der Waals surface area contributed by atoms with Crippen molar-refractivity contribution in [1.82, 2.24) is 21.3 Å². The van der Waals surface area contributed by atoms with Crippen LogP contribution < -0.4 is 31.3 Å². The van der Waals surface area contributed by atoms with E-state index in [0.717, 1.165) is 0 Å². The molecule has 9 nitrogen and oxygen atoms in total. The Kier molecular flexibility index (Phi) is 13.1. The third kappa shape index (κ3) is 12.0. The van der Waals surface area contributed by atoms with E-state index >= 15 is 0 Å². The van der Waals surface area contributed by atoms with Crippen molar-refractivity contribution in [3.8, 4) is 5.75 Å². The third-order valence-corrected chi connectivity index (χ3v) is 6.09. The van der Waals surface area contributed by atoms with Crippen LogP contribution in [0.5, 0.6) is 5.75 Å². The van der Waals surface area contributed by atoms with Crippen molar-refractivity contribution < 1.29 is 32.3 Å². The van der Waals surface area contributed by atoms with Gasteiger partial charge >= 0.3 is 6.18 Å². The van der Waals surface area contributed by atoms with Gasteiger partial charge in [0.25, 0.3) is 11.8 Å². The van der Waals surface area contributed by atoms with Crippen molar-refractivity contribution in [2.24, 2.45) is 5.41 Å². The molecule has 0 atom stereocenters. The maximum atomic E-state index is 13.2. The summed E-state index contributed by atoms with van der Waals surface area (Å²) in [5.74, 6) is -1.23. The average Bonchev–Trinajstić information content (AvgIpc) is 2.91. The van der Waals surface area contributed by atoms with E-state index in [2.05, 4.69) is 26.6 Å². The van der Waals surface area contributed by atoms with Crippen LogP contribution >= 0.6 is 11.6 Å². The maximum absolute atomic E-state index is 13.2. The third-order valence-electron chi connectivity index (χ3n) is 5.86. The molecule has 0 aromatic heterocycles. The summed E-state index contributed by atoms with van der Waals surface area (Å²) in [6, 6.07) is 13.2. The molecule has 0 spiro atoms. The lowest BCUT2D eigenvalue weighted by atomic mass is 9.88. The first-order chi connectivity index (χ1) is 19.7. The molecule has 0 bridgehead atoms. The van der Waals surface area contributed by atoms with Gasteiger partial charge in [0.15, 0.2) is 0 Å². The predicted molar refractivity (Wildman–Crippen MR) is 156 cm³/mol. The lowest BCUT2D eigenvalue weighted by Gasteiger charge is -2.25. The molecule has 0 fully saturated rings. The largest absolute Gasteiger partial charge is 0.493 e. The first kappa shape index (κ1) is 34.4. The standard InChI is InChI=1S/C29H37ClF3N5O4/c1-5-42-23-12-11-19(30)15-21(23)26(40)36-17-28(2,3)16-24(39)38-25(27(41)37-20-9-7-6-8-10-20)22(34-4)13-14-35-18-29(31,32)33/h6-12,15,34-35H,5,13-14,16-18H2,1-4H3,(H,36,40)(H,37,41)(H,38,39). The Labute approximate surface area is 248 Å². The van der Waals surface area contributed by atoms with Crippen LogP contribution in [0.25, 0.3) is 0 Å². The lowest BCUT2D eigenvalue weighted by molar-refractivity contribution is -0.124. The normalized spacial score (nSPS) is 12.2. The zero-order valence-corrected chi connectivity index (χ0v) is 24.8. The number of carbonyl (C=O) groups is 3. The first-order valence-corrected chi connectivity index (χ1v) is 13.7. The number of rotatable bonds is 15. The number of anilines is 1. The van der Waals surface area contributed by atoms with Crippen LogP contribution in [0.4, 0.5) is 18.9 Å². The summed E-state index contributed by atoms with van der Waals surface area (Å²) >= 11 is 6.06. The van der Waals surface area contributed by atoms with Crippen molar-refractivity contribution in [3.05, 3.63) is 70.5 Å². The fraction of sp³-hybridized carbons (Fsp3) is 0.414. The Morgan fingerprint density at radius 3 is 2.31 bits per heavy atom. The molecule has 0 saturated heterocycles. The number of ether oxygens (including phenoxy) is 1. The van der Waals surface area contributed by atoms with E-state index in [4.69, 9.17) is 16.3 Å². The van der Waals surface area contributed by atoms with Crippen molar-refractivity contribution in [2.45, 2.75) is 39.8 Å². The van der Waals surface area contributed by atoms with E-state index in [1.807, 2.05) is 0 Å². The number of hydrogen-bond donors (Lipinski definition) is 5. The highest BCUT2D eigenvalue weighted by molar-refractivity contribution is 6.31. The Bertz CT molecular complexity index is 1250. The SMILES string of the molecule is CCOc1ccc(Cl)cc1C(=O)NCC(C)(C)CC(=O)NC(C(=O)Nc1ccccc1)=C(CCNCC(F)(F)F)NC. The second kappa shape index (κ2) is 16.0. The molecule has 2 rings (SSSR count). The van der Waals surface area contributed by atoms with E-state index in [-0.39, 0.29) is 42.9 Å². The van der Waals surface area contributed by atoms with Crippen molar-refractivity contribution in [3.63, 3.8) is 0 Å². The van der Waals surface area contributed by atoms with Crippen LogP contribution in [0.1, 0.15) is 44.0 Å². The summed E-state index contributed by atoms with van der Waals surface area (Å²) in [4.78, 5) is 39.2. The van der Waals surface area contributed by atoms with Crippen LogP contribution in [-0.4, -0.2) is 57.2 Å². The second-order valence-electron chi connectivity index (χ2n) is 10.1. The zero-order chi connectivity index (χ0) is 31.3. The molecule has 0 aliphatic rings. The fourth-order valence-electron chi connectivity index (χ4n) is 3.86. The van der Waals surface area contributed by atoms with Gasteiger partial charge in [-0.25, -0.2) is 0 Å². The molecule has 0 unspecified atom stereocenters. The van der Waals surface area contributed by atoms with Crippen molar-refractivity contribution >= 4 is 35.0 Å². The molecule has 2 aromatic carbocycles. The minimum absolute atomic E-state index is 0.00561. The number of halogens is 4. The first-order valence-electron chi connectivity index (χ1n) is 13.3. The Hall–Kier alpha value is -3.77. The minimum atomic E-state index is -4.39. The van der Waals surface area contributed by atoms with Gasteiger partial charge in [-0.2, -0.15) is 13.2 Å². The van der Waals surface area contributed by atoms with Gasteiger partial charge in [0, 0.05) is 49.4 Å². The van der Waals surface area contributed by atoms with E-state index < -0.39 is 35.9 Å². The molecule has 0 aliphatic carbocycles. The van der Waals surface area contributed by atoms with Gasteiger partial charge in [-0.3, -0.25) is 14.4 Å². The number of hydrogen-bond acceptors (Lipinski definition) is 6. The molecule has 0 heterocycles. The maximum Gasteiger partial charge on any atom is 0.401 e. The topological polar surface area (TPSA) is 121 Å². The summed E-state index contributed by atoms with van der Waals surface area (Å²) < 4.78 is 43.2. The Morgan fingerprint density at radius 1 is 1.00 bits per heavy atom. The van der Waals surface area contributed by atoms with E-state index in [0.29, 0.717) is 23.1 Å². The molecule has 13 heteroatoms. The number of carbonyl (C=O) groups excluding carboxylic acids is 3. The van der Waals surface area contributed by atoms with Crippen LogP contribution in [0.15, 0.2) is 59.9 Å². The van der Waals surface area contributed by atoms with Gasteiger partial charge in [0.2, 0.25) is 5.91 Å². The van der Waals surface area contributed by atoms with E-state index in [9.17, 15) is 27.6 Å². The molecule has 42 heavy (non-hydrogen) atoms. The summed E-state index contributed by atoms with van der Waals surface area (Å²) in [5.41, 5.74) is 0.0851. The molecular weight excluding hydrogens is 575 g/mol. The number of alkyl halides is 3. The molecule has 0 radical (unpaired) electrons. The monoisotopic (exact) mass is 611 g/mol. The van der Waals surface area contributed by atoms with Crippen LogP contribution in [0.3, 0.4) is 0 Å². The van der Waals surface area contributed by atoms with Gasteiger partial charge in [0.1, 0.15) is 11.4 Å².